The van der Waals surface area contributed by atoms with Crippen LogP contribution in [0, 0.1) is 0 Å². The van der Waals surface area contributed by atoms with Crippen LogP contribution in [0.25, 0.3) is 17.4 Å². The van der Waals surface area contributed by atoms with Gasteiger partial charge in [-0.1, -0.05) is 59.3 Å². The molecular weight excluding hydrogens is 528 g/mol. The number of aromatic nitrogens is 1. The number of furan rings is 1. The summed E-state index contributed by atoms with van der Waals surface area (Å²) >= 11 is 7.29. The van der Waals surface area contributed by atoms with Crippen molar-refractivity contribution < 1.29 is 23.8 Å². The topological polar surface area (TPSA) is 111 Å². The van der Waals surface area contributed by atoms with E-state index in [1.807, 2.05) is 30.3 Å². The number of allylic oxidation sites excluding steroid dienone is 1. The molecule has 8 nitrogen and oxygen atoms in total. The van der Waals surface area contributed by atoms with Crippen molar-refractivity contribution in [3.05, 3.63) is 114 Å². The Kier molecular flexibility index (Phi) is 6.88. The van der Waals surface area contributed by atoms with Crippen LogP contribution >= 0.6 is 22.9 Å². The lowest BCUT2D eigenvalue weighted by Gasteiger charge is -2.24. The highest BCUT2D eigenvalue weighted by Crippen LogP contribution is 2.31. The summed E-state index contributed by atoms with van der Waals surface area (Å²) in [6.45, 7) is 3.66. The minimum absolute atomic E-state index is 0.00578. The predicted molar refractivity (Wildman–Crippen MR) is 143 cm³/mol. The summed E-state index contributed by atoms with van der Waals surface area (Å²) in [5, 5.41) is 9.28. The summed E-state index contributed by atoms with van der Waals surface area (Å²) in [4.78, 5) is 42.8. The molecule has 0 fully saturated rings. The Hall–Kier alpha value is -4.21. The van der Waals surface area contributed by atoms with Crippen LogP contribution in [0.4, 0.5) is 0 Å². The number of carboxylic acids is 1. The molecule has 0 saturated carbocycles. The number of nitrogens with zero attached hydrogens (tertiary/aromatic N) is 2. The Labute approximate surface area is 225 Å². The van der Waals surface area contributed by atoms with Gasteiger partial charge in [0.1, 0.15) is 11.5 Å². The van der Waals surface area contributed by atoms with E-state index in [0.717, 1.165) is 5.56 Å². The number of esters is 1. The number of benzene rings is 2. The number of hydrogen-bond acceptors (Lipinski definition) is 7. The van der Waals surface area contributed by atoms with E-state index in [4.69, 9.17) is 20.8 Å². The molecule has 4 aromatic rings. The van der Waals surface area contributed by atoms with Crippen LogP contribution in [0.15, 0.2) is 86.1 Å². The molecule has 1 aliphatic heterocycles. The monoisotopic (exact) mass is 548 g/mol. The van der Waals surface area contributed by atoms with Crippen LogP contribution in [0.2, 0.25) is 5.02 Å². The van der Waals surface area contributed by atoms with Crippen molar-refractivity contribution in [1.29, 1.82) is 0 Å². The third kappa shape index (κ3) is 4.62. The van der Waals surface area contributed by atoms with E-state index in [0.29, 0.717) is 37.7 Å². The molecule has 0 saturated heterocycles. The molecule has 0 radical (unpaired) electrons. The molecule has 0 amide bonds. The number of aromatic carboxylic acids is 1. The van der Waals surface area contributed by atoms with Gasteiger partial charge in [-0.2, -0.15) is 0 Å². The zero-order valence-corrected chi connectivity index (χ0v) is 21.9. The van der Waals surface area contributed by atoms with E-state index in [9.17, 15) is 19.5 Å². The molecule has 10 heteroatoms. The second-order valence-electron chi connectivity index (χ2n) is 8.41. The van der Waals surface area contributed by atoms with Crippen LogP contribution in [0.1, 0.15) is 41.6 Å². The largest absolute Gasteiger partial charge is 0.478 e. The van der Waals surface area contributed by atoms with Gasteiger partial charge in [-0.05, 0) is 43.7 Å². The van der Waals surface area contributed by atoms with Gasteiger partial charge in [0.25, 0.3) is 5.56 Å². The molecular formula is C28H21ClN2O6S. The summed E-state index contributed by atoms with van der Waals surface area (Å²) in [5.41, 5.74) is 1.85. The second kappa shape index (κ2) is 10.3. The molecule has 0 spiro atoms. The smallest absolute Gasteiger partial charge is 0.338 e. The van der Waals surface area contributed by atoms with Gasteiger partial charge in [-0.3, -0.25) is 9.36 Å². The average Bonchev–Trinajstić information content (AvgIpc) is 3.48. The van der Waals surface area contributed by atoms with Crippen LogP contribution in [0.5, 0.6) is 0 Å². The first kappa shape index (κ1) is 25.4. The van der Waals surface area contributed by atoms with Crippen molar-refractivity contribution >= 4 is 41.0 Å². The van der Waals surface area contributed by atoms with Crippen LogP contribution in [0.3, 0.4) is 0 Å². The second-order valence-corrected chi connectivity index (χ2v) is 9.83. The summed E-state index contributed by atoms with van der Waals surface area (Å²) in [6, 6.07) is 16.5. The van der Waals surface area contributed by atoms with Crippen molar-refractivity contribution in [2.24, 2.45) is 4.99 Å². The number of ether oxygens (including phenoxy) is 1. The number of carbonyl (C=O) groups is 2. The summed E-state index contributed by atoms with van der Waals surface area (Å²) in [6.07, 6.45) is 1.62. The molecule has 38 heavy (non-hydrogen) atoms. The summed E-state index contributed by atoms with van der Waals surface area (Å²) in [5.74, 6) is -0.751. The van der Waals surface area contributed by atoms with Gasteiger partial charge in [-0.25, -0.2) is 14.6 Å². The van der Waals surface area contributed by atoms with Crippen molar-refractivity contribution in [3.8, 4) is 11.3 Å². The number of carbonyl (C=O) groups excluding carboxylic acids is 1. The molecule has 2 aromatic carbocycles. The van der Waals surface area contributed by atoms with Crippen molar-refractivity contribution in [2.75, 3.05) is 6.61 Å². The fourth-order valence-electron chi connectivity index (χ4n) is 4.30. The highest BCUT2D eigenvalue weighted by atomic mass is 35.5. The van der Waals surface area contributed by atoms with E-state index in [2.05, 4.69) is 4.99 Å². The Bertz CT molecular complexity index is 1780. The van der Waals surface area contributed by atoms with Gasteiger partial charge in [0, 0.05) is 11.6 Å². The van der Waals surface area contributed by atoms with E-state index in [-0.39, 0.29) is 22.8 Å². The first-order chi connectivity index (χ1) is 18.3. The number of thiazole rings is 1. The quantitative estimate of drug-likeness (QED) is 0.357. The molecule has 192 valence electrons. The zero-order valence-electron chi connectivity index (χ0n) is 20.3. The number of halogens is 1. The SMILES string of the molecule is CCOC(=O)C1=C(C)N=c2s/c(=C/c3ccc(-c4ccc(C(=O)O)c(Cl)c4)o3)c(=O)n2[C@@H]1c1ccccc1. The third-order valence-electron chi connectivity index (χ3n) is 6.02. The molecule has 0 unspecified atom stereocenters. The fraction of sp³-hybridized carbons (Fsp3) is 0.143. The third-order valence-corrected chi connectivity index (χ3v) is 7.31. The van der Waals surface area contributed by atoms with Gasteiger partial charge in [0.2, 0.25) is 0 Å². The van der Waals surface area contributed by atoms with E-state index in [1.165, 1.54) is 28.0 Å². The molecule has 5 rings (SSSR count). The summed E-state index contributed by atoms with van der Waals surface area (Å²) in [7, 11) is 0. The van der Waals surface area contributed by atoms with Gasteiger partial charge >= 0.3 is 11.9 Å². The summed E-state index contributed by atoms with van der Waals surface area (Å²) < 4.78 is 13.1. The lowest BCUT2D eigenvalue weighted by molar-refractivity contribution is -0.139. The number of fused-ring (bicyclic) bond motifs is 1. The minimum atomic E-state index is -1.12. The van der Waals surface area contributed by atoms with Gasteiger partial charge in [0.05, 0.1) is 39.0 Å². The van der Waals surface area contributed by atoms with Crippen LogP contribution < -0.4 is 14.9 Å². The van der Waals surface area contributed by atoms with E-state index in [1.54, 1.807) is 38.1 Å². The molecule has 2 aromatic heterocycles. The van der Waals surface area contributed by atoms with Crippen LogP contribution in [-0.2, 0) is 9.53 Å². The first-order valence-corrected chi connectivity index (χ1v) is 12.9. The lowest BCUT2D eigenvalue weighted by Crippen LogP contribution is -2.39. The maximum atomic E-state index is 13.6. The van der Waals surface area contributed by atoms with E-state index < -0.39 is 18.0 Å². The van der Waals surface area contributed by atoms with Gasteiger partial charge < -0.3 is 14.3 Å². The zero-order chi connectivity index (χ0) is 27.0. The highest BCUT2D eigenvalue weighted by Gasteiger charge is 2.33. The Morgan fingerprint density at radius 3 is 2.63 bits per heavy atom. The van der Waals surface area contributed by atoms with E-state index >= 15 is 0 Å². The molecule has 1 aliphatic rings. The molecule has 0 aliphatic carbocycles. The van der Waals surface area contributed by atoms with Crippen molar-refractivity contribution in [1.82, 2.24) is 4.57 Å². The molecule has 1 N–H and O–H groups in total. The Morgan fingerprint density at radius 2 is 1.95 bits per heavy atom. The maximum absolute atomic E-state index is 13.6. The minimum Gasteiger partial charge on any atom is -0.478 e. The van der Waals surface area contributed by atoms with Crippen molar-refractivity contribution in [2.45, 2.75) is 19.9 Å². The lowest BCUT2D eigenvalue weighted by atomic mass is 9.96. The molecule has 0 bridgehead atoms. The van der Waals surface area contributed by atoms with Crippen LogP contribution in [-0.4, -0.2) is 28.2 Å². The normalized spacial score (nSPS) is 15.2. The predicted octanol–water partition coefficient (Wildman–Crippen LogP) is 4.41. The first-order valence-electron chi connectivity index (χ1n) is 11.7. The Morgan fingerprint density at radius 1 is 1.18 bits per heavy atom. The fourth-order valence-corrected chi connectivity index (χ4v) is 5.59. The number of hydrogen-bond donors (Lipinski definition) is 1. The molecule has 1 atom stereocenters. The van der Waals surface area contributed by atoms with Gasteiger partial charge in [0.15, 0.2) is 4.80 Å². The van der Waals surface area contributed by atoms with Gasteiger partial charge in [-0.15, -0.1) is 0 Å². The average molecular weight is 549 g/mol. The Balaban J connectivity index is 1.59. The maximum Gasteiger partial charge on any atom is 0.338 e. The number of rotatable bonds is 6. The highest BCUT2D eigenvalue weighted by molar-refractivity contribution is 7.07. The van der Waals surface area contributed by atoms with Crippen molar-refractivity contribution in [3.63, 3.8) is 0 Å². The molecule has 3 heterocycles. The standard InChI is InChI=1S/C28H21ClN2O6S/c1-3-36-27(35)23-15(2)30-28-31(24(23)16-7-5-4-6-8-16)25(32)22(38-28)14-18-10-12-21(37-18)17-9-11-19(26(33)34)20(29)13-17/h4-14,24H,3H2,1-2H3,(H,33,34)/b22-14+/t24-/m1/s1. The number of carboxylic acid groups (broad SMARTS) is 1.